The number of carbonyl (C=O) groups excluding carboxylic acids is 2. The van der Waals surface area contributed by atoms with Crippen LogP contribution in [0.2, 0.25) is 0 Å². The minimum absolute atomic E-state index is 0.0347. The minimum atomic E-state index is -0.976. The van der Waals surface area contributed by atoms with Crippen molar-refractivity contribution < 1.29 is 19.5 Å². The number of thiophene rings is 1. The second kappa shape index (κ2) is 8.83. The Balaban J connectivity index is 1.48. The van der Waals surface area contributed by atoms with E-state index in [1.807, 2.05) is 11.8 Å². The molecule has 164 valence electrons. The van der Waals surface area contributed by atoms with Crippen molar-refractivity contribution in [2.45, 2.75) is 58.4 Å². The number of carbonyl (C=O) groups is 3. The lowest BCUT2D eigenvalue weighted by Gasteiger charge is -2.32. The predicted molar refractivity (Wildman–Crippen MR) is 120 cm³/mol. The fourth-order valence-electron chi connectivity index (χ4n) is 4.79. The second-order valence-electron chi connectivity index (χ2n) is 8.69. The van der Waals surface area contributed by atoms with E-state index in [9.17, 15) is 19.5 Å². The van der Waals surface area contributed by atoms with Gasteiger partial charge in [-0.15, -0.1) is 11.3 Å². The van der Waals surface area contributed by atoms with Crippen molar-refractivity contribution in [1.29, 1.82) is 0 Å². The predicted octanol–water partition coefficient (Wildman–Crippen LogP) is 4.62. The highest BCUT2D eigenvalue weighted by Gasteiger charge is 2.41. The van der Waals surface area contributed by atoms with Gasteiger partial charge in [-0.2, -0.15) is 0 Å². The van der Waals surface area contributed by atoms with Crippen LogP contribution in [0.3, 0.4) is 0 Å². The van der Waals surface area contributed by atoms with Crippen LogP contribution in [0.1, 0.15) is 64.9 Å². The van der Waals surface area contributed by atoms with Crippen LogP contribution in [0.25, 0.3) is 0 Å². The first-order valence-electron chi connectivity index (χ1n) is 10.9. The highest BCUT2D eigenvalue weighted by atomic mass is 32.1. The van der Waals surface area contributed by atoms with Crippen molar-refractivity contribution in [3.8, 4) is 0 Å². The summed E-state index contributed by atoms with van der Waals surface area (Å²) < 4.78 is 0. The molecule has 0 bridgehead atoms. The molecule has 2 N–H and O–H groups in total. The summed E-state index contributed by atoms with van der Waals surface area (Å²) in [5.41, 5.74) is 2.08. The summed E-state index contributed by atoms with van der Waals surface area (Å²) in [6.45, 7) is 3.12. The van der Waals surface area contributed by atoms with E-state index in [4.69, 9.17) is 0 Å². The number of benzene rings is 1. The van der Waals surface area contributed by atoms with E-state index in [-0.39, 0.29) is 18.2 Å². The number of nitrogens with zero attached hydrogens (tertiary/aromatic N) is 1. The molecular formula is C24H28N2O4S. The number of nitrogens with one attached hydrogen (secondary N) is 1. The van der Waals surface area contributed by atoms with E-state index in [0.29, 0.717) is 42.7 Å². The third kappa shape index (κ3) is 4.37. The average molecular weight is 441 g/mol. The van der Waals surface area contributed by atoms with E-state index in [0.717, 1.165) is 25.7 Å². The molecule has 0 radical (unpaired) electrons. The number of carboxylic acids is 1. The third-order valence-corrected chi connectivity index (χ3v) is 7.72. The van der Waals surface area contributed by atoms with Gasteiger partial charge in [-0.1, -0.05) is 25.3 Å². The molecule has 2 amide bonds. The lowest BCUT2D eigenvalue weighted by molar-refractivity contribution is -0.153. The van der Waals surface area contributed by atoms with Crippen LogP contribution in [0.4, 0.5) is 5.69 Å². The Bertz CT molecular complexity index is 1010. The Labute approximate surface area is 186 Å². The molecule has 6 nitrogen and oxygen atoms in total. The number of rotatable bonds is 5. The summed E-state index contributed by atoms with van der Waals surface area (Å²) in [4.78, 5) is 41.0. The smallest absolute Gasteiger partial charge is 0.310 e. The van der Waals surface area contributed by atoms with Gasteiger partial charge in [-0.25, -0.2) is 0 Å². The summed E-state index contributed by atoms with van der Waals surface area (Å²) in [6, 6.07) is 7.40. The molecule has 0 spiro atoms. The molecule has 2 aliphatic rings. The summed E-state index contributed by atoms with van der Waals surface area (Å²) in [5.74, 6) is -1.24. The van der Waals surface area contributed by atoms with E-state index in [1.54, 1.807) is 29.5 Å². The van der Waals surface area contributed by atoms with Gasteiger partial charge < -0.3 is 15.3 Å². The van der Waals surface area contributed by atoms with Crippen LogP contribution in [0, 0.1) is 12.3 Å². The van der Waals surface area contributed by atoms with Gasteiger partial charge in [0.25, 0.3) is 5.91 Å². The normalized spacial score (nSPS) is 17.6. The number of anilines is 1. The van der Waals surface area contributed by atoms with Crippen molar-refractivity contribution in [1.82, 2.24) is 4.90 Å². The molecule has 2 aromatic rings. The molecule has 0 atom stereocenters. The van der Waals surface area contributed by atoms with Gasteiger partial charge in [0.05, 0.1) is 5.41 Å². The van der Waals surface area contributed by atoms with Crippen molar-refractivity contribution in [2.24, 2.45) is 5.41 Å². The van der Waals surface area contributed by atoms with Gasteiger partial charge >= 0.3 is 5.97 Å². The SMILES string of the molecule is Cc1c(NC(=O)CC2(C(=O)O)CCCCC2)cccc1C(=O)N1CCc2sccc2C1. The molecule has 2 heterocycles. The quantitative estimate of drug-likeness (QED) is 0.710. The lowest BCUT2D eigenvalue weighted by atomic mass is 9.71. The van der Waals surface area contributed by atoms with Crippen LogP contribution in [0.15, 0.2) is 29.6 Å². The number of hydrogen-bond donors (Lipinski definition) is 2. The molecule has 0 unspecified atom stereocenters. The maximum Gasteiger partial charge on any atom is 0.310 e. The van der Waals surface area contributed by atoms with E-state index in [2.05, 4.69) is 16.8 Å². The largest absolute Gasteiger partial charge is 0.481 e. The molecule has 4 rings (SSSR count). The third-order valence-electron chi connectivity index (χ3n) is 6.70. The van der Waals surface area contributed by atoms with Crippen molar-refractivity contribution in [3.05, 3.63) is 51.2 Å². The first kappa shape index (κ1) is 21.6. The molecule has 0 saturated heterocycles. The maximum absolute atomic E-state index is 13.2. The minimum Gasteiger partial charge on any atom is -0.481 e. The summed E-state index contributed by atoms with van der Waals surface area (Å²) in [7, 11) is 0. The fourth-order valence-corrected chi connectivity index (χ4v) is 5.68. The maximum atomic E-state index is 13.2. The number of carboxylic acid groups (broad SMARTS) is 1. The highest BCUT2D eigenvalue weighted by molar-refractivity contribution is 7.10. The zero-order valence-electron chi connectivity index (χ0n) is 17.8. The number of amides is 2. The topological polar surface area (TPSA) is 86.7 Å². The molecule has 1 aliphatic carbocycles. The van der Waals surface area contributed by atoms with Gasteiger partial charge in [0.1, 0.15) is 0 Å². The van der Waals surface area contributed by atoms with Crippen LogP contribution >= 0.6 is 11.3 Å². The molecule has 1 aromatic heterocycles. The molecule has 1 aliphatic heterocycles. The number of aliphatic carboxylic acids is 1. The highest BCUT2D eigenvalue weighted by Crippen LogP contribution is 2.40. The summed E-state index contributed by atoms with van der Waals surface area (Å²) in [5, 5.41) is 14.7. The van der Waals surface area contributed by atoms with Crippen LogP contribution < -0.4 is 5.32 Å². The van der Waals surface area contributed by atoms with Crippen LogP contribution in [0.5, 0.6) is 0 Å². The zero-order valence-corrected chi connectivity index (χ0v) is 18.6. The zero-order chi connectivity index (χ0) is 22.0. The van der Waals surface area contributed by atoms with Gasteiger partial charge in [0, 0.05) is 35.6 Å². The van der Waals surface area contributed by atoms with E-state index < -0.39 is 11.4 Å². The molecule has 1 aromatic carbocycles. The Kier molecular flexibility index (Phi) is 6.14. The van der Waals surface area contributed by atoms with Gasteiger partial charge in [0.15, 0.2) is 0 Å². The van der Waals surface area contributed by atoms with Gasteiger partial charge in [0.2, 0.25) is 5.91 Å². The number of fused-ring (bicyclic) bond motifs is 1. The molecule has 1 fully saturated rings. The van der Waals surface area contributed by atoms with E-state index >= 15 is 0 Å². The average Bonchev–Trinajstić information content (AvgIpc) is 3.23. The number of hydrogen-bond acceptors (Lipinski definition) is 4. The van der Waals surface area contributed by atoms with Crippen molar-refractivity contribution in [3.63, 3.8) is 0 Å². The second-order valence-corrected chi connectivity index (χ2v) is 9.70. The Morgan fingerprint density at radius 3 is 2.68 bits per heavy atom. The van der Waals surface area contributed by atoms with Gasteiger partial charge in [-0.05, 0) is 60.9 Å². The van der Waals surface area contributed by atoms with Crippen LogP contribution in [-0.4, -0.2) is 34.3 Å². The van der Waals surface area contributed by atoms with Gasteiger partial charge in [-0.3, -0.25) is 14.4 Å². The molecule has 31 heavy (non-hydrogen) atoms. The molecular weight excluding hydrogens is 412 g/mol. The monoisotopic (exact) mass is 440 g/mol. The molecule has 1 saturated carbocycles. The first-order valence-corrected chi connectivity index (χ1v) is 11.7. The Morgan fingerprint density at radius 1 is 1.16 bits per heavy atom. The van der Waals surface area contributed by atoms with Crippen LogP contribution in [-0.2, 0) is 22.6 Å². The Morgan fingerprint density at radius 2 is 1.94 bits per heavy atom. The van der Waals surface area contributed by atoms with Crippen molar-refractivity contribution >= 4 is 34.8 Å². The first-order chi connectivity index (χ1) is 14.9. The fraction of sp³-hybridized carbons (Fsp3) is 0.458. The lowest BCUT2D eigenvalue weighted by Crippen LogP contribution is -2.37. The van der Waals surface area contributed by atoms with E-state index in [1.165, 1.54) is 10.4 Å². The van der Waals surface area contributed by atoms with Crippen molar-refractivity contribution in [2.75, 3.05) is 11.9 Å². The molecule has 7 heteroatoms. The Hall–Kier alpha value is -2.67. The summed E-state index contributed by atoms with van der Waals surface area (Å²) >= 11 is 1.74. The summed E-state index contributed by atoms with van der Waals surface area (Å²) in [6.07, 6.45) is 4.59. The standard InChI is InChI=1S/C24H28N2O4S/c1-16-18(22(28)26-12-8-20-17(15-26)9-13-31-20)6-5-7-19(16)25-21(27)14-24(23(29)30)10-3-2-4-11-24/h5-7,9,13H,2-4,8,10-12,14-15H2,1H3,(H,25,27)(H,29,30).